The van der Waals surface area contributed by atoms with Gasteiger partial charge >= 0.3 is 17.7 Å². The summed E-state index contributed by atoms with van der Waals surface area (Å²) in [6.45, 7) is 3.54. The van der Waals surface area contributed by atoms with E-state index in [2.05, 4.69) is 9.40 Å². The molecule has 0 bridgehead atoms. The molecule has 1 aliphatic carbocycles. The third kappa shape index (κ3) is 2.32. The van der Waals surface area contributed by atoms with Crippen LogP contribution in [-0.4, -0.2) is 9.55 Å². The predicted molar refractivity (Wildman–Crippen MR) is 74.9 cm³/mol. The first-order valence-electron chi connectivity index (χ1n) is 7.40. The lowest BCUT2D eigenvalue weighted by Crippen LogP contribution is -2.18. The summed E-state index contributed by atoms with van der Waals surface area (Å²) in [6, 6.07) is 0.0975. The SMILES string of the molecule is Cc1c(C)n(C2CCCCC2)c2nc(C(F)(F)F)oc(=O)c12. The molecule has 1 fully saturated rings. The lowest BCUT2D eigenvalue weighted by Gasteiger charge is -2.25. The van der Waals surface area contributed by atoms with Gasteiger partial charge in [-0.3, -0.25) is 0 Å². The van der Waals surface area contributed by atoms with Crippen LogP contribution in [0.2, 0.25) is 0 Å². The molecule has 4 nitrogen and oxygen atoms in total. The second-order valence-corrected chi connectivity index (χ2v) is 5.88. The number of halogens is 3. The van der Waals surface area contributed by atoms with Crippen molar-refractivity contribution in [3.8, 4) is 0 Å². The summed E-state index contributed by atoms with van der Waals surface area (Å²) in [5.74, 6) is -1.47. The van der Waals surface area contributed by atoms with E-state index >= 15 is 0 Å². The third-order valence-corrected chi connectivity index (χ3v) is 4.51. The second-order valence-electron chi connectivity index (χ2n) is 5.88. The number of hydrogen-bond acceptors (Lipinski definition) is 3. The van der Waals surface area contributed by atoms with Gasteiger partial charge in [0.2, 0.25) is 0 Å². The zero-order valence-electron chi connectivity index (χ0n) is 12.5. The lowest BCUT2D eigenvalue weighted by atomic mass is 9.95. The molecule has 0 radical (unpaired) electrons. The van der Waals surface area contributed by atoms with Crippen molar-refractivity contribution in [3.63, 3.8) is 0 Å². The average molecular weight is 314 g/mol. The highest BCUT2D eigenvalue weighted by Gasteiger charge is 2.38. The molecule has 120 valence electrons. The number of hydrogen-bond donors (Lipinski definition) is 0. The highest BCUT2D eigenvalue weighted by Crippen LogP contribution is 2.35. The molecule has 0 saturated heterocycles. The van der Waals surface area contributed by atoms with Gasteiger partial charge < -0.3 is 8.98 Å². The van der Waals surface area contributed by atoms with Crippen molar-refractivity contribution in [1.82, 2.24) is 9.55 Å². The Hall–Kier alpha value is -1.79. The van der Waals surface area contributed by atoms with Crippen LogP contribution in [0.15, 0.2) is 9.21 Å². The molecule has 0 unspecified atom stereocenters. The van der Waals surface area contributed by atoms with Crippen molar-refractivity contribution in [3.05, 3.63) is 27.6 Å². The minimum atomic E-state index is -4.77. The smallest absolute Gasteiger partial charge is 0.398 e. The molecular formula is C15H17F3N2O2. The monoisotopic (exact) mass is 314 g/mol. The van der Waals surface area contributed by atoms with E-state index in [0.717, 1.165) is 37.8 Å². The molecule has 0 aliphatic heterocycles. The Morgan fingerprint density at radius 3 is 2.41 bits per heavy atom. The summed E-state index contributed by atoms with van der Waals surface area (Å²) >= 11 is 0. The standard InChI is InChI=1S/C15H17F3N2O2/c1-8-9(2)20(10-6-4-3-5-7-10)12-11(8)13(21)22-14(19-12)15(16,17)18/h10H,3-7H2,1-2H3. The van der Waals surface area contributed by atoms with Gasteiger partial charge in [-0.25, -0.2) is 4.79 Å². The van der Waals surface area contributed by atoms with Crippen molar-refractivity contribution in [2.45, 2.75) is 58.2 Å². The van der Waals surface area contributed by atoms with Gasteiger partial charge in [0.15, 0.2) is 5.65 Å². The van der Waals surface area contributed by atoms with E-state index in [4.69, 9.17) is 0 Å². The van der Waals surface area contributed by atoms with Crippen LogP contribution in [0.25, 0.3) is 11.0 Å². The van der Waals surface area contributed by atoms with Gasteiger partial charge in [0.05, 0.1) is 0 Å². The summed E-state index contributed by atoms with van der Waals surface area (Å²) in [5.41, 5.74) is 0.578. The van der Waals surface area contributed by atoms with E-state index in [0.29, 0.717) is 5.56 Å². The Kier molecular flexibility index (Phi) is 3.53. The molecular weight excluding hydrogens is 297 g/mol. The molecule has 0 aromatic carbocycles. The molecule has 2 aromatic heterocycles. The fourth-order valence-electron chi connectivity index (χ4n) is 3.33. The zero-order chi connectivity index (χ0) is 16.1. The van der Waals surface area contributed by atoms with Crippen molar-refractivity contribution in [2.75, 3.05) is 0 Å². The van der Waals surface area contributed by atoms with E-state index in [1.807, 2.05) is 6.92 Å². The van der Waals surface area contributed by atoms with Crippen LogP contribution in [0.3, 0.4) is 0 Å². The van der Waals surface area contributed by atoms with E-state index in [1.165, 1.54) is 0 Å². The lowest BCUT2D eigenvalue weighted by molar-refractivity contribution is -0.158. The van der Waals surface area contributed by atoms with Gasteiger partial charge in [0.1, 0.15) is 5.39 Å². The molecule has 7 heteroatoms. The normalized spacial score (nSPS) is 17.3. The van der Waals surface area contributed by atoms with Gasteiger partial charge in [-0.05, 0) is 32.3 Å². The van der Waals surface area contributed by atoms with Gasteiger partial charge in [0, 0.05) is 11.7 Å². The average Bonchev–Trinajstić information content (AvgIpc) is 2.71. The van der Waals surface area contributed by atoms with Crippen LogP contribution in [0.1, 0.15) is 55.3 Å². The van der Waals surface area contributed by atoms with Crippen LogP contribution in [-0.2, 0) is 6.18 Å². The number of fused-ring (bicyclic) bond motifs is 1. The summed E-state index contributed by atoms with van der Waals surface area (Å²) in [7, 11) is 0. The third-order valence-electron chi connectivity index (χ3n) is 4.51. The number of rotatable bonds is 1. The largest absolute Gasteiger partial charge is 0.469 e. The van der Waals surface area contributed by atoms with Crippen molar-refractivity contribution in [2.24, 2.45) is 0 Å². The predicted octanol–water partition coefficient (Wildman–Crippen LogP) is 4.13. The van der Waals surface area contributed by atoms with Crippen LogP contribution in [0.4, 0.5) is 13.2 Å². The van der Waals surface area contributed by atoms with Crippen molar-refractivity contribution >= 4 is 11.0 Å². The first-order chi connectivity index (χ1) is 10.3. The quantitative estimate of drug-likeness (QED) is 0.795. The molecule has 1 aliphatic rings. The van der Waals surface area contributed by atoms with E-state index in [-0.39, 0.29) is 17.1 Å². The van der Waals surface area contributed by atoms with E-state index in [9.17, 15) is 18.0 Å². The molecule has 3 rings (SSSR count). The zero-order valence-corrected chi connectivity index (χ0v) is 12.5. The molecule has 22 heavy (non-hydrogen) atoms. The minimum absolute atomic E-state index is 0.0975. The second kappa shape index (κ2) is 5.14. The molecule has 2 heterocycles. The van der Waals surface area contributed by atoms with Gasteiger partial charge in [-0.1, -0.05) is 19.3 Å². The fourth-order valence-corrected chi connectivity index (χ4v) is 3.33. The van der Waals surface area contributed by atoms with Gasteiger partial charge in [-0.15, -0.1) is 0 Å². The Bertz CT molecular complexity index is 768. The first kappa shape index (κ1) is 15.1. The van der Waals surface area contributed by atoms with E-state index in [1.54, 1.807) is 11.5 Å². The summed E-state index contributed by atoms with van der Waals surface area (Å²) in [6.07, 6.45) is 0.237. The molecule has 0 amide bonds. The summed E-state index contributed by atoms with van der Waals surface area (Å²) in [4.78, 5) is 15.6. The number of aromatic nitrogens is 2. The van der Waals surface area contributed by atoms with Crippen LogP contribution < -0.4 is 5.63 Å². The number of nitrogens with zero attached hydrogens (tertiary/aromatic N) is 2. The molecule has 2 aromatic rings. The Labute approximate surface area is 124 Å². The topological polar surface area (TPSA) is 48.0 Å². The Balaban J connectivity index is 2.29. The molecule has 0 spiro atoms. The van der Waals surface area contributed by atoms with E-state index < -0.39 is 17.7 Å². The molecule has 0 N–H and O–H groups in total. The highest BCUT2D eigenvalue weighted by atomic mass is 19.4. The maximum atomic E-state index is 12.9. The van der Waals surface area contributed by atoms with Gasteiger partial charge in [-0.2, -0.15) is 18.2 Å². The molecule has 0 atom stereocenters. The summed E-state index contributed by atoms with van der Waals surface area (Å²) < 4.78 is 44.8. The number of alkyl halides is 3. The maximum absolute atomic E-state index is 12.9. The Morgan fingerprint density at radius 1 is 1.18 bits per heavy atom. The van der Waals surface area contributed by atoms with Crippen LogP contribution in [0.5, 0.6) is 0 Å². The Morgan fingerprint density at radius 2 is 1.82 bits per heavy atom. The summed E-state index contributed by atoms with van der Waals surface area (Å²) in [5, 5.41) is 0.163. The number of aryl methyl sites for hydroxylation is 1. The van der Waals surface area contributed by atoms with Crippen LogP contribution in [0, 0.1) is 13.8 Å². The fraction of sp³-hybridized carbons (Fsp3) is 0.600. The first-order valence-corrected chi connectivity index (χ1v) is 7.40. The van der Waals surface area contributed by atoms with Crippen molar-refractivity contribution < 1.29 is 17.6 Å². The van der Waals surface area contributed by atoms with Gasteiger partial charge in [0.25, 0.3) is 0 Å². The highest BCUT2D eigenvalue weighted by molar-refractivity contribution is 5.80. The van der Waals surface area contributed by atoms with Crippen molar-refractivity contribution in [1.29, 1.82) is 0 Å². The maximum Gasteiger partial charge on any atom is 0.469 e. The van der Waals surface area contributed by atoms with Crippen LogP contribution >= 0.6 is 0 Å². The minimum Gasteiger partial charge on any atom is -0.398 e. The molecule has 1 saturated carbocycles.